The molecule has 37 heavy (non-hydrogen) atoms. The van der Waals surface area contributed by atoms with E-state index in [0.717, 1.165) is 28.2 Å². The third-order valence-corrected chi connectivity index (χ3v) is 6.98. The molecule has 5 rings (SSSR count). The number of thioether (sulfide) groups is 1. The SMILES string of the molecule is O=C(N/N=C/c1ccc(OCc2cccc3ccccc23)cc1)c1ccc(CSc2ccccc2)cc1. The predicted molar refractivity (Wildman–Crippen MR) is 152 cm³/mol. The number of hydrogen-bond acceptors (Lipinski definition) is 4. The predicted octanol–water partition coefficient (Wildman–Crippen LogP) is 7.48. The number of carbonyl (C=O) groups is 1. The van der Waals surface area contributed by atoms with E-state index < -0.39 is 0 Å². The van der Waals surface area contributed by atoms with Crippen LogP contribution in [0.4, 0.5) is 0 Å². The van der Waals surface area contributed by atoms with Crippen molar-refractivity contribution in [2.45, 2.75) is 17.3 Å². The summed E-state index contributed by atoms with van der Waals surface area (Å²) in [6.45, 7) is 0.495. The molecule has 1 amide bonds. The Kier molecular flexibility index (Phi) is 7.94. The molecule has 0 aliphatic rings. The van der Waals surface area contributed by atoms with E-state index in [1.54, 1.807) is 18.0 Å². The summed E-state index contributed by atoms with van der Waals surface area (Å²) in [6.07, 6.45) is 1.62. The molecule has 0 aliphatic heterocycles. The number of amides is 1. The van der Waals surface area contributed by atoms with E-state index in [9.17, 15) is 4.79 Å². The van der Waals surface area contributed by atoms with Crippen molar-refractivity contribution in [2.24, 2.45) is 5.10 Å². The Bertz CT molecular complexity index is 1490. The Morgan fingerprint density at radius 1 is 0.784 bits per heavy atom. The molecule has 0 saturated heterocycles. The van der Waals surface area contributed by atoms with Crippen molar-refractivity contribution >= 4 is 34.7 Å². The summed E-state index contributed by atoms with van der Waals surface area (Å²) in [4.78, 5) is 13.7. The highest BCUT2D eigenvalue weighted by atomic mass is 32.2. The van der Waals surface area contributed by atoms with Crippen LogP contribution in [0, 0.1) is 0 Å². The zero-order valence-corrected chi connectivity index (χ0v) is 21.0. The number of fused-ring (bicyclic) bond motifs is 1. The second kappa shape index (κ2) is 12.1. The molecule has 0 radical (unpaired) electrons. The number of hydrazone groups is 1. The molecule has 0 fully saturated rings. The Balaban J connectivity index is 1.10. The standard InChI is InChI=1S/C32H26N2O2S/c35-32(27-17-13-25(14-18-27)23-37-30-10-2-1-3-11-30)34-33-21-24-15-19-29(20-16-24)36-22-28-9-6-8-26-7-4-5-12-31(26)28/h1-21H,22-23H2,(H,34,35)/b33-21+. The maximum absolute atomic E-state index is 12.4. The van der Waals surface area contributed by atoms with Gasteiger partial charge in [-0.3, -0.25) is 4.79 Å². The van der Waals surface area contributed by atoms with Crippen LogP contribution in [0.15, 0.2) is 131 Å². The second-order valence-electron chi connectivity index (χ2n) is 8.49. The van der Waals surface area contributed by atoms with Crippen LogP contribution in [0.1, 0.15) is 27.0 Å². The summed E-state index contributed by atoms with van der Waals surface area (Å²) in [5.74, 6) is 1.39. The summed E-state index contributed by atoms with van der Waals surface area (Å²) >= 11 is 1.77. The van der Waals surface area contributed by atoms with Crippen LogP contribution in [0.25, 0.3) is 10.8 Å². The van der Waals surface area contributed by atoms with Crippen LogP contribution >= 0.6 is 11.8 Å². The average molecular weight is 503 g/mol. The molecular weight excluding hydrogens is 476 g/mol. The average Bonchev–Trinajstić information content (AvgIpc) is 2.96. The molecule has 5 heteroatoms. The number of nitrogens with zero attached hydrogens (tertiary/aromatic N) is 1. The van der Waals surface area contributed by atoms with Gasteiger partial charge in [-0.15, -0.1) is 11.8 Å². The number of ether oxygens (including phenoxy) is 1. The minimum atomic E-state index is -0.242. The van der Waals surface area contributed by atoms with E-state index in [4.69, 9.17) is 4.74 Å². The number of carbonyl (C=O) groups excluding carboxylic acids is 1. The highest BCUT2D eigenvalue weighted by molar-refractivity contribution is 7.98. The highest BCUT2D eigenvalue weighted by Crippen LogP contribution is 2.23. The largest absolute Gasteiger partial charge is 0.489 e. The first kappa shape index (κ1) is 24.3. The van der Waals surface area contributed by atoms with Crippen molar-refractivity contribution in [1.29, 1.82) is 0 Å². The van der Waals surface area contributed by atoms with Crippen molar-refractivity contribution in [3.8, 4) is 5.75 Å². The molecule has 0 aliphatic carbocycles. The summed E-state index contributed by atoms with van der Waals surface area (Å²) in [5, 5.41) is 6.51. The molecule has 0 heterocycles. The molecule has 0 spiro atoms. The fraction of sp³-hybridized carbons (Fsp3) is 0.0625. The first-order valence-corrected chi connectivity index (χ1v) is 13.0. The van der Waals surface area contributed by atoms with Crippen LogP contribution in [0.3, 0.4) is 0 Å². The smallest absolute Gasteiger partial charge is 0.271 e. The third kappa shape index (κ3) is 6.66. The lowest BCUT2D eigenvalue weighted by atomic mass is 10.1. The van der Waals surface area contributed by atoms with E-state index >= 15 is 0 Å². The highest BCUT2D eigenvalue weighted by Gasteiger charge is 2.05. The molecule has 0 atom stereocenters. The van der Waals surface area contributed by atoms with Crippen molar-refractivity contribution < 1.29 is 9.53 Å². The van der Waals surface area contributed by atoms with Gasteiger partial charge in [0.1, 0.15) is 12.4 Å². The van der Waals surface area contributed by atoms with E-state index in [1.165, 1.54) is 15.7 Å². The lowest BCUT2D eigenvalue weighted by Crippen LogP contribution is -2.17. The van der Waals surface area contributed by atoms with E-state index in [2.05, 4.69) is 46.9 Å². The minimum Gasteiger partial charge on any atom is -0.489 e. The van der Waals surface area contributed by atoms with Crippen LogP contribution in [-0.2, 0) is 12.4 Å². The fourth-order valence-electron chi connectivity index (χ4n) is 3.90. The van der Waals surface area contributed by atoms with Crippen LogP contribution in [0.5, 0.6) is 5.75 Å². The Hall–Kier alpha value is -4.35. The van der Waals surface area contributed by atoms with Crippen molar-refractivity contribution in [1.82, 2.24) is 5.43 Å². The van der Waals surface area contributed by atoms with Gasteiger partial charge in [0.05, 0.1) is 6.21 Å². The van der Waals surface area contributed by atoms with E-state index in [1.807, 2.05) is 84.9 Å². The molecule has 4 nitrogen and oxygen atoms in total. The molecule has 182 valence electrons. The van der Waals surface area contributed by atoms with Gasteiger partial charge in [0, 0.05) is 16.2 Å². The summed E-state index contributed by atoms with van der Waals surface area (Å²) in [5.41, 5.74) is 6.35. The Labute approximate surface area is 221 Å². The number of rotatable bonds is 9. The maximum atomic E-state index is 12.4. The zero-order valence-electron chi connectivity index (χ0n) is 20.2. The molecule has 5 aromatic rings. The van der Waals surface area contributed by atoms with Gasteiger partial charge in [-0.25, -0.2) is 5.43 Å². The molecule has 1 N–H and O–H groups in total. The van der Waals surface area contributed by atoms with Gasteiger partial charge in [-0.1, -0.05) is 72.8 Å². The lowest BCUT2D eigenvalue weighted by molar-refractivity contribution is 0.0955. The van der Waals surface area contributed by atoms with Gasteiger partial charge in [0.25, 0.3) is 5.91 Å². The van der Waals surface area contributed by atoms with Gasteiger partial charge in [-0.2, -0.15) is 5.10 Å². The third-order valence-electron chi connectivity index (χ3n) is 5.90. The zero-order chi connectivity index (χ0) is 25.3. The monoisotopic (exact) mass is 502 g/mol. The first-order valence-electron chi connectivity index (χ1n) is 12.0. The molecule has 5 aromatic carbocycles. The molecular formula is C32H26N2O2S. The first-order chi connectivity index (χ1) is 18.2. The topological polar surface area (TPSA) is 50.7 Å². The Morgan fingerprint density at radius 2 is 1.51 bits per heavy atom. The fourth-order valence-corrected chi connectivity index (χ4v) is 4.77. The quantitative estimate of drug-likeness (QED) is 0.129. The number of hydrogen-bond donors (Lipinski definition) is 1. The van der Waals surface area contributed by atoms with Crippen molar-refractivity contribution in [3.63, 3.8) is 0 Å². The molecule has 0 unspecified atom stereocenters. The van der Waals surface area contributed by atoms with Gasteiger partial charge >= 0.3 is 0 Å². The lowest BCUT2D eigenvalue weighted by Gasteiger charge is -2.09. The molecule has 0 saturated carbocycles. The van der Waals surface area contributed by atoms with Gasteiger partial charge < -0.3 is 4.74 Å². The van der Waals surface area contributed by atoms with Gasteiger partial charge in [0.15, 0.2) is 0 Å². The normalized spacial score (nSPS) is 11.0. The van der Waals surface area contributed by atoms with Crippen molar-refractivity contribution in [3.05, 3.63) is 144 Å². The van der Waals surface area contributed by atoms with Gasteiger partial charge in [-0.05, 0) is 76.0 Å². The maximum Gasteiger partial charge on any atom is 0.271 e. The summed E-state index contributed by atoms with van der Waals surface area (Å²) in [6, 6.07) is 40.0. The Morgan fingerprint density at radius 3 is 2.32 bits per heavy atom. The van der Waals surface area contributed by atoms with Crippen LogP contribution in [0.2, 0.25) is 0 Å². The minimum absolute atomic E-state index is 0.242. The summed E-state index contributed by atoms with van der Waals surface area (Å²) in [7, 11) is 0. The molecule has 0 aromatic heterocycles. The van der Waals surface area contributed by atoms with Crippen molar-refractivity contribution in [2.75, 3.05) is 0 Å². The van der Waals surface area contributed by atoms with E-state index in [-0.39, 0.29) is 5.91 Å². The number of benzene rings is 5. The summed E-state index contributed by atoms with van der Waals surface area (Å²) < 4.78 is 5.99. The number of nitrogens with one attached hydrogen (secondary N) is 1. The van der Waals surface area contributed by atoms with Crippen LogP contribution in [-0.4, -0.2) is 12.1 Å². The second-order valence-corrected chi connectivity index (χ2v) is 9.54. The van der Waals surface area contributed by atoms with E-state index in [0.29, 0.717) is 12.2 Å². The molecule has 0 bridgehead atoms. The van der Waals surface area contributed by atoms with Crippen LogP contribution < -0.4 is 10.2 Å². The van der Waals surface area contributed by atoms with Gasteiger partial charge in [0.2, 0.25) is 0 Å².